The molecule has 2 aromatic rings. The quantitative estimate of drug-likeness (QED) is 0.761. The Balaban J connectivity index is 2.22. The van der Waals surface area contributed by atoms with Gasteiger partial charge >= 0.3 is 6.18 Å². The van der Waals surface area contributed by atoms with E-state index in [0.29, 0.717) is 0 Å². The van der Waals surface area contributed by atoms with Gasteiger partial charge in [0, 0.05) is 0 Å². The molecule has 0 aliphatic rings. The number of hydrogen-bond acceptors (Lipinski definition) is 3. The van der Waals surface area contributed by atoms with Crippen LogP contribution in [0.3, 0.4) is 0 Å². The highest BCUT2D eigenvalue weighted by Gasteiger charge is 2.30. The molecule has 0 radical (unpaired) electrons. The van der Waals surface area contributed by atoms with Crippen LogP contribution in [0.1, 0.15) is 5.56 Å². The van der Waals surface area contributed by atoms with Crippen LogP contribution in [-0.2, 0) is 6.18 Å². The zero-order valence-corrected chi connectivity index (χ0v) is 10.6. The van der Waals surface area contributed by atoms with Crippen molar-refractivity contribution >= 4 is 23.2 Å². The molecule has 0 saturated heterocycles. The molecule has 0 bridgehead atoms. The summed E-state index contributed by atoms with van der Waals surface area (Å²) in [5.74, 6) is 0.131. The minimum absolute atomic E-state index is 0.0265. The highest BCUT2D eigenvalue weighted by molar-refractivity contribution is 6.32. The predicted molar refractivity (Wildman–Crippen MR) is 63.6 cm³/mol. The third-order valence-electron chi connectivity index (χ3n) is 2.08. The average Bonchev–Trinajstić information content (AvgIpc) is 2.33. The molecule has 8 heteroatoms. The maximum absolute atomic E-state index is 12.4. The smallest absolute Gasteiger partial charge is 0.416 e. The van der Waals surface area contributed by atoms with Gasteiger partial charge in [-0.2, -0.15) is 18.2 Å². The molecule has 0 amide bonds. The molecule has 0 aliphatic heterocycles. The second-order valence-electron chi connectivity index (χ2n) is 3.42. The van der Waals surface area contributed by atoms with E-state index in [1.807, 2.05) is 0 Å². The lowest BCUT2D eigenvalue weighted by Gasteiger charge is -2.09. The summed E-state index contributed by atoms with van der Waals surface area (Å²) in [5.41, 5.74) is -0.772. The second kappa shape index (κ2) is 5.22. The monoisotopic (exact) mass is 308 g/mol. The predicted octanol–water partition coefficient (Wildman–Crippen LogP) is 4.59. The Morgan fingerprint density at radius 2 is 1.68 bits per heavy atom. The van der Waals surface area contributed by atoms with Gasteiger partial charge in [-0.05, 0) is 35.9 Å². The van der Waals surface area contributed by atoms with E-state index in [-0.39, 0.29) is 21.9 Å². The van der Waals surface area contributed by atoms with Gasteiger partial charge in [0.05, 0.1) is 11.8 Å². The third kappa shape index (κ3) is 3.48. The normalized spacial score (nSPS) is 11.4. The van der Waals surface area contributed by atoms with E-state index in [1.165, 1.54) is 6.20 Å². The summed E-state index contributed by atoms with van der Waals surface area (Å²) in [7, 11) is 0. The summed E-state index contributed by atoms with van der Waals surface area (Å²) in [6, 6.07) is 4.11. The Bertz CT molecular complexity index is 587. The lowest BCUT2D eigenvalue weighted by atomic mass is 10.2. The first-order valence-corrected chi connectivity index (χ1v) is 5.65. The van der Waals surface area contributed by atoms with Crippen LogP contribution >= 0.6 is 23.2 Å². The fourth-order valence-electron chi connectivity index (χ4n) is 1.23. The van der Waals surface area contributed by atoms with Crippen molar-refractivity contribution < 1.29 is 17.9 Å². The number of alkyl halides is 3. The molecule has 1 aromatic carbocycles. The second-order valence-corrected chi connectivity index (χ2v) is 4.16. The molecule has 100 valence electrons. The van der Waals surface area contributed by atoms with Gasteiger partial charge in [-0.1, -0.05) is 11.6 Å². The van der Waals surface area contributed by atoms with Gasteiger partial charge in [0.2, 0.25) is 11.2 Å². The van der Waals surface area contributed by atoms with E-state index >= 15 is 0 Å². The topological polar surface area (TPSA) is 35.0 Å². The van der Waals surface area contributed by atoms with Gasteiger partial charge in [-0.3, -0.25) is 0 Å². The fraction of sp³-hybridized carbons (Fsp3) is 0.0909. The van der Waals surface area contributed by atoms with E-state index in [9.17, 15) is 13.2 Å². The van der Waals surface area contributed by atoms with Crippen molar-refractivity contribution in [3.8, 4) is 11.6 Å². The number of halogens is 5. The summed E-state index contributed by atoms with van der Waals surface area (Å²) in [6.45, 7) is 0. The van der Waals surface area contributed by atoms with E-state index in [2.05, 4.69) is 9.97 Å². The molecule has 19 heavy (non-hydrogen) atoms. The summed E-state index contributed by atoms with van der Waals surface area (Å²) >= 11 is 11.3. The first-order chi connectivity index (χ1) is 8.86. The van der Waals surface area contributed by atoms with Crippen molar-refractivity contribution in [3.63, 3.8) is 0 Å². The largest absolute Gasteiger partial charge is 0.437 e. The Kier molecular flexibility index (Phi) is 3.82. The van der Waals surface area contributed by atoms with Crippen LogP contribution in [0.15, 0.2) is 30.5 Å². The SMILES string of the molecule is FC(F)(F)c1ccc(Oc2nc(Cl)ncc2Cl)cc1. The Morgan fingerprint density at radius 3 is 2.26 bits per heavy atom. The Labute approximate surface area is 116 Å². The standard InChI is InChI=1S/C11H5Cl2F3N2O/c12-8-5-17-10(13)18-9(8)19-7-3-1-6(2-4-7)11(14,15)16/h1-5H. The first-order valence-electron chi connectivity index (χ1n) is 4.89. The van der Waals surface area contributed by atoms with Crippen molar-refractivity contribution in [2.45, 2.75) is 6.18 Å². The van der Waals surface area contributed by atoms with Crippen LogP contribution in [0.25, 0.3) is 0 Å². The lowest BCUT2D eigenvalue weighted by Crippen LogP contribution is -2.04. The van der Waals surface area contributed by atoms with Gasteiger partial charge in [-0.25, -0.2) is 4.98 Å². The van der Waals surface area contributed by atoms with Gasteiger partial charge in [0.15, 0.2) is 0 Å². The minimum atomic E-state index is -4.39. The molecule has 1 aromatic heterocycles. The van der Waals surface area contributed by atoms with Crippen LogP contribution < -0.4 is 4.74 Å². The number of ether oxygens (including phenoxy) is 1. The number of nitrogens with zero attached hydrogens (tertiary/aromatic N) is 2. The molecule has 3 nitrogen and oxygen atoms in total. The Morgan fingerprint density at radius 1 is 1.05 bits per heavy atom. The molecule has 0 aliphatic carbocycles. The van der Waals surface area contributed by atoms with Crippen LogP contribution in [0.2, 0.25) is 10.3 Å². The third-order valence-corrected chi connectivity index (χ3v) is 2.52. The van der Waals surface area contributed by atoms with Crippen molar-refractivity contribution in [2.75, 3.05) is 0 Å². The number of aromatic nitrogens is 2. The van der Waals surface area contributed by atoms with E-state index in [1.54, 1.807) is 0 Å². The number of rotatable bonds is 2. The molecule has 1 heterocycles. The van der Waals surface area contributed by atoms with Crippen molar-refractivity contribution in [1.82, 2.24) is 9.97 Å². The van der Waals surface area contributed by atoms with Gasteiger partial charge in [0.1, 0.15) is 10.8 Å². The lowest BCUT2D eigenvalue weighted by molar-refractivity contribution is -0.137. The maximum atomic E-state index is 12.4. The van der Waals surface area contributed by atoms with Crippen molar-refractivity contribution in [3.05, 3.63) is 46.3 Å². The zero-order chi connectivity index (χ0) is 14.0. The first kappa shape index (κ1) is 13.9. The summed E-state index contributed by atoms with van der Waals surface area (Å²) in [4.78, 5) is 7.34. The summed E-state index contributed by atoms with van der Waals surface area (Å²) in [5, 5.41) is 0.0237. The molecular formula is C11H5Cl2F3N2O. The van der Waals surface area contributed by atoms with Crippen molar-refractivity contribution in [2.24, 2.45) is 0 Å². The van der Waals surface area contributed by atoms with Gasteiger partial charge in [0.25, 0.3) is 0 Å². The molecule has 0 saturated carbocycles. The van der Waals surface area contributed by atoms with Gasteiger partial charge in [-0.15, -0.1) is 0 Å². The van der Waals surface area contributed by atoms with Crippen LogP contribution in [0.4, 0.5) is 13.2 Å². The number of benzene rings is 1. The maximum Gasteiger partial charge on any atom is 0.416 e. The minimum Gasteiger partial charge on any atom is -0.437 e. The molecule has 0 atom stereocenters. The zero-order valence-electron chi connectivity index (χ0n) is 9.08. The molecular weight excluding hydrogens is 304 g/mol. The van der Waals surface area contributed by atoms with E-state index in [0.717, 1.165) is 24.3 Å². The fourth-order valence-corrected chi connectivity index (χ4v) is 1.48. The van der Waals surface area contributed by atoms with E-state index < -0.39 is 11.7 Å². The molecule has 2 rings (SSSR count). The van der Waals surface area contributed by atoms with E-state index in [4.69, 9.17) is 27.9 Å². The average molecular weight is 309 g/mol. The molecule has 0 unspecified atom stereocenters. The van der Waals surface area contributed by atoms with Gasteiger partial charge < -0.3 is 4.74 Å². The van der Waals surface area contributed by atoms with Crippen molar-refractivity contribution in [1.29, 1.82) is 0 Å². The molecule has 0 spiro atoms. The van der Waals surface area contributed by atoms with Crippen LogP contribution in [0, 0.1) is 0 Å². The highest BCUT2D eigenvalue weighted by Crippen LogP contribution is 2.32. The molecule has 0 N–H and O–H groups in total. The van der Waals surface area contributed by atoms with Crippen LogP contribution in [0.5, 0.6) is 11.6 Å². The Hall–Kier alpha value is -1.53. The molecule has 0 fully saturated rings. The highest BCUT2D eigenvalue weighted by atomic mass is 35.5. The number of hydrogen-bond donors (Lipinski definition) is 0. The summed E-state index contributed by atoms with van der Waals surface area (Å²) in [6.07, 6.45) is -3.16. The summed E-state index contributed by atoms with van der Waals surface area (Å²) < 4.78 is 42.3. The van der Waals surface area contributed by atoms with Crippen LogP contribution in [-0.4, -0.2) is 9.97 Å².